The molecule has 0 amide bonds. The van der Waals surface area contributed by atoms with Crippen molar-refractivity contribution in [2.24, 2.45) is 0 Å². The second-order valence-electron chi connectivity index (χ2n) is 7.91. The SMILES string of the molecule is Cc1c(-c2nc(NCCCN3CCCC3)c3ccccc3n2)[nH]c2ccccc12. The Bertz CT molecular complexity index is 1140. The van der Waals surface area contributed by atoms with Gasteiger partial charge in [0.2, 0.25) is 0 Å². The summed E-state index contributed by atoms with van der Waals surface area (Å²) in [7, 11) is 0. The fraction of sp³-hybridized carbons (Fsp3) is 0.333. The van der Waals surface area contributed by atoms with E-state index >= 15 is 0 Å². The number of nitrogens with zero attached hydrogens (tertiary/aromatic N) is 3. The molecule has 0 spiro atoms. The van der Waals surface area contributed by atoms with Gasteiger partial charge in [0.05, 0.1) is 11.2 Å². The van der Waals surface area contributed by atoms with Crippen LogP contribution in [0.5, 0.6) is 0 Å². The molecule has 29 heavy (non-hydrogen) atoms. The molecular formula is C24H27N5. The first-order valence-electron chi connectivity index (χ1n) is 10.6. The Balaban J connectivity index is 1.45. The highest BCUT2D eigenvalue weighted by atomic mass is 15.1. The zero-order valence-corrected chi connectivity index (χ0v) is 16.9. The van der Waals surface area contributed by atoms with E-state index in [1.165, 1.54) is 36.9 Å². The molecule has 0 unspecified atom stereocenters. The summed E-state index contributed by atoms with van der Waals surface area (Å²) in [5, 5.41) is 5.88. The van der Waals surface area contributed by atoms with Crippen molar-refractivity contribution in [2.75, 3.05) is 31.5 Å². The zero-order valence-electron chi connectivity index (χ0n) is 16.9. The minimum atomic E-state index is 0.749. The molecule has 2 aromatic carbocycles. The minimum Gasteiger partial charge on any atom is -0.369 e. The predicted octanol–water partition coefficient (Wildman–Crippen LogP) is 4.98. The number of aromatic nitrogens is 3. The lowest BCUT2D eigenvalue weighted by Crippen LogP contribution is -2.22. The molecule has 1 aliphatic heterocycles. The van der Waals surface area contributed by atoms with Gasteiger partial charge in [0.25, 0.3) is 0 Å². The molecule has 1 saturated heterocycles. The van der Waals surface area contributed by atoms with Crippen molar-refractivity contribution in [3.63, 3.8) is 0 Å². The Hall–Kier alpha value is -2.92. The van der Waals surface area contributed by atoms with Crippen molar-refractivity contribution in [1.29, 1.82) is 0 Å². The third-order valence-corrected chi connectivity index (χ3v) is 5.93. The van der Waals surface area contributed by atoms with Gasteiger partial charge in [0.1, 0.15) is 5.82 Å². The maximum absolute atomic E-state index is 4.93. The molecule has 5 rings (SSSR count). The number of H-pyrrole nitrogens is 1. The summed E-state index contributed by atoms with van der Waals surface area (Å²) < 4.78 is 0. The number of para-hydroxylation sites is 2. The Labute approximate surface area is 171 Å². The summed E-state index contributed by atoms with van der Waals surface area (Å²) in [6.07, 6.45) is 3.81. The van der Waals surface area contributed by atoms with Gasteiger partial charge >= 0.3 is 0 Å². The number of anilines is 1. The third kappa shape index (κ3) is 3.58. The van der Waals surface area contributed by atoms with Crippen LogP contribution in [0.25, 0.3) is 33.3 Å². The van der Waals surface area contributed by atoms with Crippen molar-refractivity contribution in [2.45, 2.75) is 26.2 Å². The Morgan fingerprint density at radius 2 is 1.72 bits per heavy atom. The quantitative estimate of drug-likeness (QED) is 0.459. The number of aryl methyl sites for hydroxylation is 1. The van der Waals surface area contributed by atoms with Crippen molar-refractivity contribution in [3.8, 4) is 11.5 Å². The van der Waals surface area contributed by atoms with Crippen LogP contribution in [0, 0.1) is 6.92 Å². The maximum atomic E-state index is 4.93. The van der Waals surface area contributed by atoms with Crippen LogP contribution in [0.1, 0.15) is 24.8 Å². The van der Waals surface area contributed by atoms with E-state index in [0.29, 0.717) is 0 Å². The fourth-order valence-corrected chi connectivity index (χ4v) is 4.34. The van der Waals surface area contributed by atoms with Crippen LogP contribution >= 0.6 is 0 Å². The second-order valence-corrected chi connectivity index (χ2v) is 7.91. The number of hydrogen-bond acceptors (Lipinski definition) is 4. The standard InChI is InChI=1S/C24H27N5/c1-17-18-9-2-4-11-20(18)26-22(17)24-27-21-12-5-3-10-19(21)23(28-24)25-13-8-16-29-14-6-7-15-29/h2-5,9-12,26H,6-8,13-16H2,1H3,(H,25,27,28). The number of nitrogens with one attached hydrogen (secondary N) is 2. The number of hydrogen-bond donors (Lipinski definition) is 2. The monoisotopic (exact) mass is 385 g/mol. The highest BCUT2D eigenvalue weighted by Gasteiger charge is 2.15. The maximum Gasteiger partial charge on any atom is 0.178 e. The van der Waals surface area contributed by atoms with Gasteiger partial charge in [-0.05, 0) is 69.6 Å². The molecule has 3 heterocycles. The largest absolute Gasteiger partial charge is 0.369 e. The van der Waals surface area contributed by atoms with E-state index < -0.39 is 0 Å². The molecule has 0 atom stereocenters. The van der Waals surface area contributed by atoms with Crippen molar-refractivity contribution >= 4 is 27.6 Å². The van der Waals surface area contributed by atoms with E-state index in [4.69, 9.17) is 9.97 Å². The lowest BCUT2D eigenvalue weighted by Gasteiger charge is -2.15. The minimum absolute atomic E-state index is 0.749. The first-order chi connectivity index (χ1) is 14.3. The summed E-state index contributed by atoms with van der Waals surface area (Å²) in [4.78, 5) is 15.9. The van der Waals surface area contributed by atoms with E-state index in [1.807, 2.05) is 6.07 Å². The van der Waals surface area contributed by atoms with Gasteiger partial charge in [-0.1, -0.05) is 30.3 Å². The van der Waals surface area contributed by atoms with Gasteiger partial charge in [-0.25, -0.2) is 9.97 Å². The van der Waals surface area contributed by atoms with Gasteiger partial charge in [-0.3, -0.25) is 0 Å². The smallest absolute Gasteiger partial charge is 0.178 e. The number of fused-ring (bicyclic) bond motifs is 2. The summed E-state index contributed by atoms with van der Waals surface area (Å²) in [5.41, 5.74) is 4.28. The summed E-state index contributed by atoms with van der Waals surface area (Å²) >= 11 is 0. The molecule has 2 aromatic heterocycles. The molecule has 0 saturated carbocycles. The van der Waals surface area contributed by atoms with Crippen LogP contribution in [0.4, 0.5) is 5.82 Å². The number of rotatable bonds is 6. The van der Waals surface area contributed by atoms with Crippen LogP contribution in [0.2, 0.25) is 0 Å². The van der Waals surface area contributed by atoms with Gasteiger partial charge in [0.15, 0.2) is 5.82 Å². The molecule has 5 nitrogen and oxygen atoms in total. The number of benzene rings is 2. The highest BCUT2D eigenvalue weighted by molar-refractivity contribution is 5.93. The van der Waals surface area contributed by atoms with Crippen molar-refractivity contribution < 1.29 is 0 Å². The van der Waals surface area contributed by atoms with Gasteiger partial charge in [-0.2, -0.15) is 0 Å². The van der Waals surface area contributed by atoms with Gasteiger partial charge < -0.3 is 15.2 Å². The normalized spacial score (nSPS) is 14.8. The van der Waals surface area contributed by atoms with E-state index in [2.05, 4.69) is 64.6 Å². The Morgan fingerprint density at radius 1 is 0.966 bits per heavy atom. The van der Waals surface area contributed by atoms with E-state index in [1.54, 1.807) is 0 Å². The van der Waals surface area contributed by atoms with Crippen LogP contribution in [0.3, 0.4) is 0 Å². The Morgan fingerprint density at radius 3 is 2.55 bits per heavy atom. The predicted molar refractivity (Wildman–Crippen MR) is 120 cm³/mol. The van der Waals surface area contributed by atoms with Gasteiger partial charge in [-0.15, -0.1) is 0 Å². The topological polar surface area (TPSA) is 56.8 Å². The first-order valence-corrected chi connectivity index (χ1v) is 10.6. The molecular weight excluding hydrogens is 358 g/mol. The molecule has 1 fully saturated rings. The molecule has 5 heteroatoms. The lowest BCUT2D eigenvalue weighted by molar-refractivity contribution is 0.337. The van der Waals surface area contributed by atoms with Gasteiger partial charge in [0, 0.05) is 22.8 Å². The number of aromatic amines is 1. The molecule has 0 radical (unpaired) electrons. The average molecular weight is 386 g/mol. The summed E-state index contributed by atoms with van der Waals surface area (Å²) in [5.74, 6) is 1.67. The van der Waals surface area contributed by atoms with E-state index in [0.717, 1.165) is 53.3 Å². The van der Waals surface area contributed by atoms with E-state index in [-0.39, 0.29) is 0 Å². The summed E-state index contributed by atoms with van der Waals surface area (Å²) in [6.45, 7) is 6.71. The molecule has 2 N–H and O–H groups in total. The number of likely N-dealkylation sites (tertiary alicyclic amines) is 1. The average Bonchev–Trinajstić information content (AvgIpc) is 3.39. The first kappa shape index (κ1) is 18.1. The Kier molecular flexibility index (Phi) is 4.90. The van der Waals surface area contributed by atoms with Crippen LogP contribution in [-0.4, -0.2) is 46.0 Å². The van der Waals surface area contributed by atoms with Crippen molar-refractivity contribution in [3.05, 3.63) is 54.1 Å². The van der Waals surface area contributed by atoms with E-state index in [9.17, 15) is 0 Å². The third-order valence-electron chi connectivity index (χ3n) is 5.93. The fourth-order valence-electron chi connectivity index (χ4n) is 4.34. The molecule has 4 aromatic rings. The van der Waals surface area contributed by atoms with Crippen LogP contribution in [0.15, 0.2) is 48.5 Å². The van der Waals surface area contributed by atoms with Crippen LogP contribution < -0.4 is 5.32 Å². The zero-order chi connectivity index (χ0) is 19.6. The van der Waals surface area contributed by atoms with Crippen molar-refractivity contribution in [1.82, 2.24) is 19.9 Å². The summed E-state index contributed by atoms with van der Waals surface area (Å²) in [6, 6.07) is 16.6. The second kappa shape index (κ2) is 7.84. The lowest BCUT2D eigenvalue weighted by atomic mass is 10.1. The van der Waals surface area contributed by atoms with Crippen LogP contribution in [-0.2, 0) is 0 Å². The molecule has 148 valence electrons. The molecule has 1 aliphatic rings. The molecule has 0 aliphatic carbocycles. The molecule has 0 bridgehead atoms. The highest BCUT2D eigenvalue weighted by Crippen LogP contribution is 2.30.